The fourth-order valence-corrected chi connectivity index (χ4v) is 4.26. The number of anilines is 1. The minimum atomic E-state index is -0.794. The number of nitrogens with one attached hydrogen (secondary N) is 1. The predicted molar refractivity (Wildman–Crippen MR) is 111 cm³/mol. The molecule has 0 spiro atoms. The monoisotopic (exact) mass is 377 g/mol. The van der Waals surface area contributed by atoms with Crippen molar-refractivity contribution in [2.45, 2.75) is 51.2 Å². The normalized spacial score (nSPS) is 22.9. The van der Waals surface area contributed by atoms with Gasteiger partial charge in [-0.3, -0.25) is 0 Å². The molecule has 4 heteroatoms. The van der Waals surface area contributed by atoms with E-state index in [1.807, 2.05) is 24.3 Å². The number of carboxylic acids is 1. The number of rotatable bonds is 4. The van der Waals surface area contributed by atoms with Gasteiger partial charge in [0.25, 0.3) is 0 Å². The van der Waals surface area contributed by atoms with Gasteiger partial charge in [0.15, 0.2) is 0 Å². The van der Waals surface area contributed by atoms with Crippen molar-refractivity contribution in [2.75, 3.05) is 5.32 Å². The van der Waals surface area contributed by atoms with Crippen molar-refractivity contribution in [1.29, 1.82) is 0 Å². The Labute approximate surface area is 166 Å². The number of para-hydroxylation sites is 1. The third kappa shape index (κ3) is 3.39. The van der Waals surface area contributed by atoms with E-state index in [0.717, 1.165) is 23.4 Å². The molecule has 1 aliphatic heterocycles. The molecule has 2 aliphatic rings. The molecule has 0 aromatic heterocycles. The Morgan fingerprint density at radius 3 is 2.61 bits per heavy atom. The summed E-state index contributed by atoms with van der Waals surface area (Å²) in [6.07, 6.45) is 5.05. The zero-order valence-electron chi connectivity index (χ0n) is 16.6. The molecule has 3 atom stereocenters. The van der Waals surface area contributed by atoms with Crippen LogP contribution in [0, 0.1) is 5.92 Å². The van der Waals surface area contributed by atoms with Crippen LogP contribution >= 0.6 is 0 Å². The number of carboxylic acid groups (broad SMARTS) is 1. The van der Waals surface area contributed by atoms with Gasteiger partial charge < -0.3 is 15.2 Å². The Morgan fingerprint density at radius 2 is 1.93 bits per heavy atom. The highest BCUT2D eigenvalue weighted by Gasteiger charge is 2.41. The number of hydrogen-bond donors (Lipinski definition) is 2. The second kappa shape index (κ2) is 7.01. The van der Waals surface area contributed by atoms with Gasteiger partial charge in [0.05, 0.1) is 0 Å². The van der Waals surface area contributed by atoms with Crippen molar-refractivity contribution in [1.82, 2.24) is 0 Å². The maximum Gasteiger partial charge on any atom is 0.326 e. The van der Waals surface area contributed by atoms with Crippen molar-refractivity contribution >= 4 is 11.7 Å². The molecule has 4 rings (SSSR count). The largest absolute Gasteiger partial charge is 0.489 e. The van der Waals surface area contributed by atoms with E-state index >= 15 is 0 Å². The van der Waals surface area contributed by atoms with E-state index < -0.39 is 12.0 Å². The first-order chi connectivity index (χ1) is 13.3. The molecule has 0 fully saturated rings. The molecule has 0 saturated carbocycles. The number of hydrogen-bond acceptors (Lipinski definition) is 3. The standard InChI is InChI=1S/C24H27NO3/c1-24(2,3)16-10-12-17(13-11-16)28-14-15-6-4-8-19-18-7-5-9-20(18)22(23(26)27)25-21(15)19/h4-8,10-13,18,20,22,25H,9,14H2,1-3H3,(H,26,27). The predicted octanol–water partition coefficient (Wildman–Crippen LogP) is 5.10. The topological polar surface area (TPSA) is 58.6 Å². The summed E-state index contributed by atoms with van der Waals surface area (Å²) in [5.41, 5.74) is 4.44. The van der Waals surface area contributed by atoms with Crippen LogP contribution in [0.15, 0.2) is 54.6 Å². The highest BCUT2D eigenvalue weighted by Crippen LogP contribution is 2.45. The average Bonchev–Trinajstić information content (AvgIpc) is 3.15. The van der Waals surface area contributed by atoms with Crippen LogP contribution in [0.25, 0.3) is 0 Å². The molecule has 0 saturated heterocycles. The lowest BCUT2D eigenvalue weighted by molar-refractivity contribution is -0.139. The van der Waals surface area contributed by atoms with Crippen LogP contribution in [-0.2, 0) is 16.8 Å². The van der Waals surface area contributed by atoms with Gasteiger partial charge in [-0.15, -0.1) is 0 Å². The molecule has 146 valence electrons. The summed E-state index contributed by atoms with van der Waals surface area (Å²) in [6.45, 7) is 6.97. The van der Waals surface area contributed by atoms with Gasteiger partial charge in [0, 0.05) is 23.1 Å². The van der Waals surface area contributed by atoms with Crippen LogP contribution in [-0.4, -0.2) is 17.1 Å². The Balaban J connectivity index is 1.56. The summed E-state index contributed by atoms with van der Waals surface area (Å²) in [7, 11) is 0. The van der Waals surface area contributed by atoms with Crippen LogP contribution in [0.1, 0.15) is 49.8 Å². The summed E-state index contributed by atoms with van der Waals surface area (Å²) in [5.74, 6) is 0.252. The third-order valence-electron chi connectivity index (χ3n) is 5.86. The first-order valence-electron chi connectivity index (χ1n) is 9.86. The fraction of sp³-hybridized carbons (Fsp3) is 0.375. The van der Waals surface area contributed by atoms with E-state index in [9.17, 15) is 9.90 Å². The minimum absolute atomic E-state index is 0.0751. The SMILES string of the molecule is CC(C)(C)c1ccc(OCc2cccc3c2NC(C(=O)O)C2CC=CC32)cc1. The van der Waals surface area contributed by atoms with Crippen LogP contribution in [0.4, 0.5) is 5.69 Å². The number of benzene rings is 2. The van der Waals surface area contributed by atoms with Crippen LogP contribution < -0.4 is 10.1 Å². The fourth-order valence-electron chi connectivity index (χ4n) is 4.26. The van der Waals surface area contributed by atoms with Crippen molar-refractivity contribution in [3.8, 4) is 5.75 Å². The van der Waals surface area contributed by atoms with E-state index in [4.69, 9.17) is 4.74 Å². The summed E-state index contributed by atoms with van der Waals surface area (Å²) < 4.78 is 6.03. The minimum Gasteiger partial charge on any atom is -0.489 e. The van der Waals surface area contributed by atoms with Crippen molar-refractivity contribution in [3.63, 3.8) is 0 Å². The Kier molecular flexibility index (Phi) is 4.66. The second-order valence-corrected chi connectivity index (χ2v) is 8.76. The van der Waals surface area contributed by atoms with Gasteiger partial charge in [-0.25, -0.2) is 4.79 Å². The smallest absolute Gasteiger partial charge is 0.326 e. The van der Waals surface area contributed by atoms with Gasteiger partial charge in [0.1, 0.15) is 18.4 Å². The van der Waals surface area contributed by atoms with Gasteiger partial charge in [-0.05, 0) is 35.1 Å². The van der Waals surface area contributed by atoms with Crippen LogP contribution in [0.3, 0.4) is 0 Å². The highest BCUT2D eigenvalue weighted by molar-refractivity contribution is 5.81. The molecule has 1 heterocycles. The number of fused-ring (bicyclic) bond motifs is 3. The molecule has 3 unspecified atom stereocenters. The maximum absolute atomic E-state index is 11.8. The number of aliphatic carboxylic acids is 1. The molecular formula is C24H27NO3. The second-order valence-electron chi connectivity index (χ2n) is 8.76. The highest BCUT2D eigenvalue weighted by atomic mass is 16.5. The number of carbonyl (C=O) groups is 1. The van der Waals surface area contributed by atoms with E-state index in [1.165, 1.54) is 11.1 Å². The van der Waals surface area contributed by atoms with Gasteiger partial charge in [-0.1, -0.05) is 63.3 Å². The Hall–Kier alpha value is -2.75. The summed E-state index contributed by atoms with van der Waals surface area (Å²) >= 11 is 0. The first kappa shape index (κ1) is 18.6. The quantitative estimate of drug-likeness (QED) is 0.728. The lowest BCUT2D eigenvalue weighted by Crippen LogP contribution is -2.42. The molecule has 28 heavy (non-hydrogen) atoms. The third-order valence-corrected chi connectivity index (χ3v) is 5.86. The zero-order valence-corrected chi connectivity index (χ0v) is 16.6. The molecule has 0 bridgehead atoms. The summed E-state index contributed by atoms with van der Waals surface area (Å²) in [4.78, 5) is 11.8. The molecule has 0 amide bonds. The molecule has 2 N–H and O–H groups in total. The van der Waals surface area contributed by atoms with Gasteiger partial charge in [-0.2, -0.15) is 0 Å². The average molecular weight is 377 g/mol. The lowest BCUT2D eigenvalue weighted by atomic mass is 9.78. The van der Waals surface area contributed by atoms with Gasteiger partial charge >= 0.3 is 5.97 Å². The van der Waals surface area contributed by atoms with Crippen molar-refractivity contribution in [2.24, 2.45) is 5.92 Å². The Morgan fingerprint density at radius 1 is 1.18 bits per heavy atom. The summed E-state index contributed by atoms with van der Waals surface area (Å²) in [5, 5.41) is 13.0. The lowest BCUT2D eigenvalue weighted by Gasteiger charge is -2.35. The number of allylic oxidation sites excluding steroid dienone is 2. The van der Waals surface area contributed by atoms with E-state index in [1.54, 1.807) is 0 Å². The van der Waals surface area contributed by atoms with Crippen LogP contribution in [0.5, 0.6) is 5.75 Å². The molecule has 2 aromatic rings. The molecule has 1 aliphatic carbocycles. The molecule has 2 aromatic carbocycles. The summed E-state index contributed by atoms with van der Waals surface area (Å²) in [6, 6.07) is 13.8. The molecule has 0 radical (unpaired) electrons. The molecular weight excluding hydrogens is 350 g/mol. The van der Waals surface area contributed by atoms with Crippen LogP contribution in [0.2, 0.25) is 0 Å². The van der Waals surface area contributed by atoms with E-state index in [-0.39, 0.29) is 17.3 Å². The maximum atomic E-state index is 11.8. The number of ether oxygens (including phenoxy) is 1. The molecule has 4 nitrogen and oxygen atoms in total. The van der Waals surface area contributed by atoms with Gasteiger partial charge in [0.2, 0.25) is 0 Å². The van der Waals surface area contributed by atoms with Crippen molar-refractivity contribution in [3.05, 3.63) is 71.3 Å². The zero-order chi connectivity index (χ0) is 19.9. The first-order valence-corrected chi connectivity index (χ1v) is 9.86. The van der Waals surface area contributed by atoms with E-state index in [0.29, 0.717) is 6.61 Å². The van der Waals surface area contributed by atoms with E-state index in [2.05, 4.69) is 56.4 Å². The Bertz CT molecular complexity index is 908. The van der Waals surface area contributed by atoms with Crippen molar-refractivity contribution < 1.29 is 14.6 Å².